The van der Waals surface area contributed by atoms with Crippen LogP contribution in [0.15, 0.2) is 18.2 Å². The Hall–Kier alpha value is -1.62. The molecule has 0 bridgehead atoms. The summed E-state index contributed by atoms with van der Waals surface area (Å²) in [6, 6.07) is 4.21. The van der Waals surface area contributed by atoms with Gasteiger partial charge in [-0.25, -0.2) is 4.39 Å². The second-order valence-electron chi connectivity index (χ2n) is 4.60. The maximum atomic E-state index is 13.2. The number of hydrogen-bond donors (Lipinski definition) is 3. The quantitative estimate of drug-likeness (QED) is 0.630. The van der Waals surface area contributed by atoms with Gasteiger partial charge >= 0.3 is 0 Å². The summed E-state index contributed by atoms with van der Waals surface area (Å²) in [4.78, 5) is 12.0. The normalized spacial score (nSPS) is 21.6. The summed E-state index contributed by atoms with van der Waals surface area (Å²) >= 11 is 0. The molecule has 0 atom stereocenters. The van der Waals surface area contributed by atoms with Gasteiger partial charge in [0.15, 0.2) is 0 Å². The predicted octanol–water partition coefficient (Wildman–Crippen LogP) is 1.06. The third-order valence-corrected chi connectivity index (χ3v) is 3.41. The summed E-state index contributed by atoms with van der Waals surface area (Å²) in [6.07, 6.45) is 1.60. The summed E-state index contributed by atoms with van der Waals surface area (Å²) in [5.74, 6) is -0.448. The Labute approximate surface area is 98.6 Å². The molecule has 1 saturated heterocycles. The van der Waals surface area contributed by atoms with E-state index in [0.29, 0.717) is 11.3 Å². The Morgan fingerprint density at radius 2 is 1.94 bits per heavy atom. The third-order valence-electron chi connectivity index (χ3n) is 3.41. The van der Waals surface area contributed by atoms with Gasteiger partial charge in [-0.15, -0.1) is 0 Å². The minimum Gasteiger partial charge on any atom is -0.362 e. The van der Waals surface area contributed by atoms with Crippen LogP contribution in [-0.2, 0) is 0 Å². The lowest BCUT2D eigenvalue weighted by molar-refractivity contribution is 0.0881. The smallest absolute Gasteiger partial charge is 0.255 e. The first-order valence-corrected chi connectivity index (χ1v) is 5.80. The molecule has 2 aliphatic heterocycles. The Kier molecular flexibility index (Phi) is 2.29. The van der Waals surface area contributed by atoms with Gasteiger partial charge in [0, 0.05) is 12.8 Å². The van der Waals surface area contributed by atoms with Gasteiger partial charge in [0.05, 0.1) is 11.3 Å². The second-order valence-corrected chi connectivity index (χ2v) is 4.60. The highest BCUT2D eigenvalue weighted by Gasteiger charge is 2.38. The Morgan fingerprint density at radius 1 is 1.18 bits per heavy atom. The van der Waals surface area contributed by atoms with E-state index in [4.69, 9.17) is 0 Å². The van der Waals surface area contributed by atoms with Gasteiger partial charge in [0.1, 0.15) is 11.5 Å². The first-order valence-electron chi connectivity index (χ1n) is 5.80. The van der Waals surface area contributed by atoms with E-state index in [1.807, 2.05) is 0 Å². The van der Waals surface area contributed by atoms with E-state index < -0.39 is 5.66 Å². The van der Waals surface area contributed by atoms with Crippen molar-refractivity contribution in [3.63, 3.8) is 0 Å². The van der Waals surface area contributed by atoms with Gasteiger partial charge in [-0.1, -0.05) is 0 Å². The fourth-order valence-corrected chi connectivity index (χ4v) is 2.50. The SMILES string of the molecule is O=C1NC2(CCNCC2)Nc2cc(F)ccc21. The molecule has 2 heterocycles. The zero-order chi connectivity index (χ0) is 11.9. The molecular weight excluding hydrogens is 221 g/mol. The molecular formula is C12H14FN3O. The molecule has 1 aromatic carbocycles. The Balaban J connectivity index is 1.98. The van der Waals surface area contributed by atoms with E-state index in [-0.39, 0.29) is 11.7 Å². The summed E-state index contributed by atoms with van der Waals surface area (Å²) < 4.78 is 13.2. The number of nitrogens with one attached hydrogen (secondary N) is 3. The van der Waals surface area contributed by atoms with Crippen LogP contribution in [0.2, 0.25) is 0 Å². The van der Waals surface area contributed by atoms with Crippen LogP contribution < -0.4 is 16.0 Å². The van der Waals surface area contributed by atoms with Gasteiger partial charge in [-0.3, -0.25) is 4.79 Å². The highest BCUT2D eigenvalue weighted by Crippen LogP contribution is 2.30. The monoisotopic (exact) mass is 235 g/mol. The average molecular weight is 235 g/mol. The van der Waals surface area contributed by atoms with Crippen LogP contribution >= 0.6 is 0 Å². The maximum absolute atomic E-state index is 13.2. The fraction of sp³-hybridized carbons (Fsp3) is 0.417. The summed E-state index contributed by atoms with van der Waals surface area (Å²) in [6.45, 7) is 1.69. The minimum absolute atomic E-state index is 0.124. The molecule has 1 fully saturated rings. The number of carbonyl (C=O) groups is 1. The zero-order valence-corrected chi connectivity index (χ0v) is 9.35. The van der Waals surface area contributed by atoms with Crippen LogP contribution in [0.4, 0.5) is 10.1 Å². The number of benzene rings is 1. The number of halogens is 1. The predicted molar refractivity (Wildman–Crippen MR) is 62.3 cm³/mol. The standard InChI is InChI=1S/C12H14FN3O/c13-8-1-2-9-10(7-8)15-12(16-11(9)17)3-5-14-6-4-12/h1-2,7,14-15H,3-6H2,(H,16,17). The maximum Gasteiger partial charge on any atom is 0.255 e. The average Bonchev–Trinajstić information content (AvgIpc) is 2.29. The van der Waals surface area contributed by atoms with Gasteiger partial charge in [0.2, 0.25) is 0 Å². The van der Waals surface area contributed by atoms with Gasteiger partial charge in [-0.2, -0.15) is 0 Å². The number of hydrogen-bond acceptors (Lipinski definition) is 3. The van der Waals surface area contributed by atoms with Gasteiger partial charge < -0.3 is 16.0 Å². The lowest BCUT2D eigenvalue weighted by atomic mass is 9.93. The Morgan fingerprint density at radius 3 is 2.71 bits per heavy atom. The number of anilines is 1. The van der Waals surface area contributed by atoms with Crippen LogP contribution in [0, 0.1) is 5.82 Å². The molecule has 17 heavy (non-hydrogen) atoms. The van der Waals surface area contributed by atoms with Crippen molar-refractivity contribution in [2.75, 3.05) is 18.4 Å². The lowest BCUT2D eigenvalue weighted by Crippen LogP contribution is -2.61. The van der Waals surface area contributed by atoms with E-state index in [2.05, 4.69) is 16.0 Å². The molecule has 0 radical (unpaired) electrons. The molecule has 0 aromatic heterocycles. The first-order chi connectivity index (χ1) is 8.19. The van der Waals surface area contributed by atoms with E-state index in [0.717, 1.165) is 25.9 Å². The molecule has 0 saturated carbocycles. The highest BCUT2D eigenvalue weighted by atomic mass is 19.1. The third kappa shape index (κ3) is 1.76. The molecule has 4 nitrogen and oxygen atoms in total. The molecule has 0 aliphatic carbocycles. The van der Waals surface area contributed by atoms with Gasteiger partial charge in [0.25, 0.3) is 5.91 Å². The second kappa shape index (κ2) is 3.70. The number of amides is 1. The largest absolute Gasteiger partial charge is 0.362 e. The molecule has 5 heteroatoms. The highest BCUT2D eigenvalue weighted by molar-refractivity contribution is 6.02. The molecule has 3 rings (SSSR count). The van der Waals surface area contributed by atoms with Crippen LogP contribution in [0.3, 0.4) is 0 Å². The summed E-state index contributed by atoms with van der Waals surface area (Å²) in [7, 11) is 0. The van der Waals surface area contributed by atoms with Crippen molar-refractivity contribution < 1.29 is 9.18 Å². The van der Waals surface area contributed by atoms with E-state index in [1.54, 1.807) is 0 Å². The van der Waals surface area contributed by atoms with Crippen molar-refractivity contribution in [3.05, 3.63) is 29.6 Å². The molecule has 1 spiro atoms. The minimum atomic E-state index is -0.414. The van der Waals surface area contributed by atoms with Crippen LogP contribution in [0.1, 0.15) is 23.2 Å². The number of carbonyl (C=O) groups excluding carboxylic acids is 1. The number of rotatable bonds is 0. The zero-order valence-electron chi connectivity index (χ0n) is 9.35. The van der Waals surface area contributed by atoms with E-state index >= 15 is 0 Å². The van der Waals surface area contributed by atoms with Crippen molar-refractivity contribution in [3.8, 4) is 0 Å². The summed E-state index contributed by atoms with van der Waals surface area (Å²) in [5, 5.41) is 9.51. The fourth-order valence-electron chi connectivity index (χ4n) is 2.50. The number of piperidine rings is 1. The van der Waals surface area contributed by atoms with E-state index in [9.17, 15) is 9.18 Å². The molecule has 2 aliphatic rings. The first kappa shape index (κ1) is 10.5. The topological polar surface area (TPSA) is 53.2 Å². The molecule has 0 unspecified atom stereocenters. The van der Waals surface area contributed by atoms with Crippen molar-refractivity contribution in [1.29, 1.82) is 0 Å². The number of fused-ring (bicyclic) bond motifs is 1. The molecule has 1 aromatic rings. The van der Waals surface area contributed by atoms with Crippen molar-refractivity contribution >= 4 is 11.6 Å². The van der Waals surface area contributed by atoms with E-state index in [1.165, 1.54) is 18.2 Å². The van der Waals surface area contributed by atoms with Crippen LogP contribution in [0.5, 0.6) is 0 Å². The molecule has 90 valence electrons. The van der Waals surface area contributed by atoms with Crippen LogP contribution in [-0.4, -0.2) is 24.7 Å². The molecule has 1 amide bonds. The van der Waals surface area contributed by atoms with Crippen molar-refractivity contribution in [2.45, 2.75) is 18.5 Å². The van der Waals surface area contributed by atoms with Crippen molar-refractivity contribution in [1.82, 2.24) is 10.6 Å². The summed E-state index contributed by atoms with van der Waals surface area (Å²) in [5.41, 5.74) is 0.689. The van der Waals surface area contributed by atoms with Crippen LogP contribution in [0.25, 0.3) is 0 Å². The molecule has 3 N–H and O–H groups in total. The Bertz CT molecular complexity index is 469. The van der Waals surface area contributed by atoms with Gasteiger partial charge in [-0.05, 0) is 31.3 Å². The van der Waals surface area contributed by atoms with Crippen molar-refractivity contribution in [2.24, 2.45) is 0 Å². The lowest BCUT2D eigenvalue weighted by Gasteiger charge is -2.43.